The number of carbonyl (C=O) groups is 2. The van der Waals surface area contributed by atoms with Gasteiger partial charge in [0.15, 0.2) is 12.1 Å². The number of carboxylic acid groups (broad SMARTS) is 1. The molecule has 3 fully saturated rings. The van der Waals surface area contributed by atoms with Crippen LogP contribution < -0.4 is 5.73 Å². The van der Waals surface area contributed by atoms with Crippen molar-refractivity contribution >= 4 is 11.9 Å². The molecule has 2 bridgehead atoms. The number of allylic oxidation sites excluding steroid dienone is 6. The third kappa shape index (κ3) is 10.6. The number of hydrogen-bond donors (Lipinski definition) is 7. The van der Waals surface area contributed by atoms with Crippen LogP contribution in [0.2, 0.25) is 0 Å². The molecule has 0 radical (unpaired) electrons. The number of aliphatic hydroxyl groups excluding tert-OH is 4. The van der Waals surface area contributed by atoms with Crippen LogP contribution in [-0.2, 0) is 33.3 Å². The molecule has 4 rings (SSSR count). The van der Waals surface area contributed by atoms with E-state index in [1.165, 1.54) is 12.2 Å². The molecular weight excluding hydrogens is 618 g/mol. The first kappa shape index (κ1) is 37.1. The fraction of sp³-hybridized carbons (Fsp3) is 0.636. The highest BCUT2D eigenvalue weighted by molar-refractivity contribution is 5.82. The number of hydrogen-bond acceptors (Lipinski definition) is 13. The number of carboxylic acids is 1. The first-order valence-electron chi connectivity index (χ1n) is 15.9. The van der Waals surface area contributed by atoms with E-state index >= 15 is 0 Å². The molecule has 14 heteroatoms. The molecule has 0 aromatic rings. The zero-order valence-electron chi connectivity index (χ0n) is 26.4. The predicted octanol–water partition coefficient (Wildman–Crippen LogP) is 0.120. The van der Waals surface area contributed by atoms with Crippen molar-refractivity contribution in [3.8, 4) is 0 Å². The second kappa shape index (κ2) is 16.6. The SMILES string of the molecule is C[C@@H]1CC=CC=CC=CC=C[C@H](O[C@@H]2O[C@H](C)[C@H](O)[C@H](N)[C@@H]2O)C[C@H]2O[C@@](O)(C[C@H](O)C[C@@H]3O[C@@H]3C=CC(=O)O1)C[C@@H](O)[C@@H]2C(=O)O. The molecule has 4 aliphatic heterocycles. The van der Waals surface area contributed by atoms with Crippen LogP contribution in [-0.4, -0.2) is 122 Å². The summed E-state index contributed by atoms with van der Waals surface area (Å²) in [5, 5.41) is 63.9. The van der Waals surface area contributed by atoms with Crippen molar-refractivity contribution in [3.05, 3.63) is 60.8 Å². The van der Waals surface area contributed by atoms with Gasteiger partial charge in [0, 0.05) is 38.2 Å². The maximum atomic E-state index is 12.3. The number of aliphatic hydroxyl groups is 5. The molecule has 4 heterocycles. The van der Waals surface area contributed by atoms with Gasteiger partial charge in [-0.25, -0.2) is 4.79 Å². The molecule has 0 aromatic heterocycles. The third-order valence-corrected chi connectivity index (χ3v) is 8.58. The molecule has 4 aliphatic rings. The van der Waals surface area contributed by atoms with E-state index in [1.807, 2.05) is 6.08 Å². The van der Waals surface area contributed by atoms with Crippen molar-refractivity contribution in [2.75, 3.05) is 0 Å². The predicted molar refractivity (Wildman–Crippen MR) is 165 cm³/mol. The molecule has 0 saturated carbocycles. The molecule has 8 N–H and O–H groups in total. The van der Waals surface area contributed by atoms with Crippen molar-refractivity contribution in [2.45, 2.75) is 125 Å². The minimum absolute atomic E-state index is 0.0789. The van der Waals surface area contributed by atoms with Crippen LogP contribution in [0, 0.1) is 5.92 Å². The molecule has 14 nitrogen and oxygen atoms in total. The van der Waals surface area contributed by atoms with Gasteiger partial charge < -0.3 is 60.1 Å². The third-order valence-electron chi connectivity index (χ3n) is 8.58. The fourth-order valence-corrected chi connectivity index (χ4v) is 6.00. The zero-order valence-corrected chi connectivity index (χ0v) is 26.4. The van der Waals surface area contributed by atoms with E-state index < -0.39 is 97.3 Å². The molecule has 14 atom stereocenters. The van der Waals surface area contributed by atoms with Crippen LogP contribution in [0.3, 0.4) is 0 Å². The molecule has 47 heavy (non-hydrogen) atoms. The summed E-state index contributed by atoms with van der Waals surface area (Å²) < 4.78 is 28.5. The summed E-state index contributed by atoms with van der Waals surface area (Å²) in [6, 6.07) is -1.08. The largest absolute Gasteiger partial charge is 0.481 e. The van der Waals surface area contributed by atoms with Gasteiger partial charge in [-0.15, -0.1) is 0 Å². The number of rotatable bonds is 3. The molecule has 0 aliphatic carbocycles. The Labute approximate surface area is 273 Å². The van der Waals surface area contributed by atoms with E-state index in [-0.39, 0.29) is 25.4 Å². The standard InChI is InChI=1S/C33H47NO13/c1-18-10-8-6-4-3-5-7-9-11-21(45-32-30(39)28(34)29(38)19(2)44-32)15-25-27(31(40)41)22(36)17-33(42,47-25)16-20(35)14-24-23(46-24)12-13-26(37)43-18/h3-9,11-13,18-25,27-30,32,35-36,38-39,42H,10,14-17,34H2,1-2H3,(H,40,41)/t18-,19-,20-,21+,22-,23-,24+,25-,27+,28+,29+,30+,32+,33+/m1/s1. The molecular formula is C33H47NO13. The summed E-state index contributed by atoms with van der Waals surface area (Å²) in [7, 11) is 0. The van der Waals surface area contributed by atoms with Crippen molar-refractivity contribution < 1.29 is 63.9 Å². The van der Waals surface area contributed by atoms with E-state index in [4.69, 9.17) is 29.4 Å². The van der Waals surface area contributed by atoms with E-state index in [0.717, 1.165) is 0 Å². The van der Waals surface area contributed by atoms with Crippen molar-refractivity contribution in [1.29, 1.82) is 0 Å². The fourth-order valence-electron chi connectivity index (χ4n) is 6.00. The summed E-state index contributed by atoms with van der Waals surface area (Å²) in [5.74, 6) is -5.45. The van der Waals surface area contributed by atoms with Gasteiger partial charge in [-0.2, -0.15) is 0 Å². The first-order chi connectivity index (χ1) is 22.3. The van der Waals surface area contributed by atoms with Crippen LogP contribution in [0.5, 0.6) is 0 Å². The first-order valence-corrected chi connectivity index (χ1v) is 15.9. The number of aliphatic carboxylic acids is 1. The van der Waals surface area contributed by atoms with Gasteiger partial charge in [-0.1, -0.05) is 48.6 Å². The zero-order chi connectivity index (χ0) is 34.3. The summed E-state index contributed by atoms with van der Waals surface area (Å²) in [4.78, 5) is 24.4. The van der Waals surface area contributed by atoms with Gasteiger partial charge in [-0.05, 0) is 19.9 Å². The minimum atomic E-state index is -2.10. The highest BCUT2D eigenvalue weighted by atomic mass is 16.7. The van der Waals surface area contributed by atoms with Crippen LogP contribution in [0.15, 0.2) is 60.8 Å². The Bertz CT molecular complexity index is 1220. The number of carbonyl (C=O) groups excluding carboxylic acids is 1. The molecule has 0 unspecified atom stereocenters. The van der Waals surface area contributed by atoms with E-state index in [2.05, 4.69) is 0 Å². The maximum absolute atomic E-state index is 12.3. The van der Waals surface area contributed by atoms with Crippen LogP contribution in [0.25, 0.3) is 0 Å². The van der Waals surface area contributed by atoms with E-state index in [0.29, 0.717) is 6.42 Å². The van der Waals surface area contributed by atoms with Crippen LogP contribution in [0.1, 0.15) is 46.0 Å². The van der Waals surface area contributed by atoms with E-state index in [1.54, 1.807) is 56.4 Å². The summed E-state index contributed by atoms with van der Waals surface area (Å²) in [6.07, 6.45) is 5.25. The lowest BCUT2D eigenvalue weighted by molar-refractivity contribution is -0.308. The Morgan fingerprint density at radius 1 is 0.936 bits per heavy atom. The van der Waals surface area contributed by atoms with Gasteiger partial charge in [0.05, 0.1) is 48.8 Å². The lowest BCUT2D eigenvalue weighted by Gasteiger charge is -2.45. The second-order valence-corrected chi connectivity index (χ2v) is 12.6. The van der Waals surface area contributed by atoms with Crippen molar-refractivity contribution in [3.63, 3.8) is 0 Å². The van der Waals surface area contributed by atoms with Gasteiger partial charge in [0.1, 0.15) is 24.2 Å². The number of esters is 1. The normalized spacial score (nSPS) is 43.8. The maximum Gasteiger partial charge on any atom is 0.330 e. The van der Waals surface area contributed by atoms with Crippen LogP contribution in [0.4, 0.5) is 0 Å². The van der Waals surface area contributed by atoms with Gasteiger partial charge in [0.2, 0.25) is 0 Å². The highest BCUT2D eigenvalue weighted by Crippen LogP contribution is 2.39. The lowest BCUT2D eigenvalue weighted by Crippen LogP contribution is -2.61. The number of ether oxygens (including phenoxy) is 5. The number of fused-ring (bicyclic) bond motifs is 3. The summed E-state index contributed by atoms with van der Waals surface area (Å²) >= 11 is 0. The number of cyclic esters (lactones) is 1. The molecule has 0 aromatic carbocycles. The van der Waals surface area contributed by atoms with Gasteiger partial charge in [-0.3, -0.25) is 4.79 Å². The van der Waals surface area contributed by atoms with Crippen molar-refractivity contribution in [1.82, 2.24) is 0 Å². The smallest absolute Gasteiger partial charge is 0.330 e. The topological polar surface area (TPSA) is 231 Å². The molecule has 3 saturated heterocycles. The minimum Gasteiger partial charge on any atom is -0.481 e. The van der Waals surface area contributed by atoms with Crippen LogP contribution >= 0.6 is 0 Å². The van der Waals surface area contributed by atoms with Gasteiger partial charge in [0.25, 0.3) is 0 Å². The molecule has 0 amide bonds. The summed E-state index contributed by atoms with van der Waals surface area (Å²) in [5.41, 5.74) is 5.98. The van der Waals surface area contributed by atoms with Gasteiger partial charge >= 0.3 is 11.9 Å². The Kier molecular flexibility index (Phi) is 13.1. The second-order valence-electron chi connectivity index (χ2n) is 12.6. The molecule has 262 valence electrons. The number of nitrogens with two attached hydrogens (primary N) is 1. The highest BCUT2D eigenvalue weighted by Gasteiger charge is 2.51. The summed E-state index contributed by atoms with van der Waals surface area (Å²) in [6.45, 7) is 3.34. The average molecular weight is 666 g/mol. The Hall–Kier alpha value is -2.76. The quantitative estimate of drug-likeness (QED) is 0.157. The monoisotopic (exact) mass is 665 g/mol. The van der Waals surface area contributed by atoms with E-state index in [9.17, 15) is 40.2 Å². The Balaban J connectivity index is 1.58. The lowest BCUT2D eigenvalue weighted by atomic mass is 9.83. The van der Waals surface area contributed by atoms with Crippen molar-refractivity contribution in [2.24, 2.45) is 11.7 Å². The molecule has 0 spiro atoms. The Morgan fingerprint density at radius 2 is 1.64 bits per heavy atom. The average Bonchev–Trinajstić information content (AvgIpc) is 3.72. The Morgan fingerprint density at radius 3 is 2.36 bits per heavy atom. The number of epoxide rings is 1.